The van der Waals surface area contributed by atoms with Crippen molar-refractivity contribution in [3.63, 3.8) is 0 Å². The zero-order valence-corrected chi connectivity index (χ0v) is 16.6. The van der Waals surface area contributed by atoms with Gasteiger partial charge in [0.05, 0.1) is 5.56 Å². The lowest BCUT2D eigenvalue weighted by Crippen LogP contribution is -2.53. The summed E-state index contributed by atoms with van der Waals surface area (Å²) in [6, 6.07) is 14.3. The van der Waals surface area contributed by atoms with Gasteiger partial charge in [-0.15, -0.1) is 11.8 Å². The van der Waals surface area contributed by atoms with Gasteiger partial charge in [-0.2, -0.15) is 0 Å². The fourth-order valence-electron chi connectivity index (χ4n) is 3.96. The molecule has 2 aliphatic heterocycles. The number of aryl methyl sites for hydroxylation is 1. The van der Waals surface area contributed by atoms with Crippen LogP contribution in [-0.2, 0) is 0 Å². The van der Waals surface area contributed by atoms with Crippen LogP contribution in [0.15, 0.2) is 47.4 Å². The van der Waals surface area contributed by atoms with E-state index >= 15 is 0 Å². The van der Waals surface area contributed by atoms with Gasteiger partial charge in [0, 0.05) is 54.0 Å². The van der Waals surface area contributed by atoms with Crippen molar-refractivity contribution in [1.82, 2.24) is 4.90 Å². The SMILES string of the molecule is Cc1cccc(N2CCN(C(=O)c3cccc4c3SCCC4=O)CC2C)c1. The van der Waals surface area contributed by atoms with Gasteiger partial charge in [-0.05, 0) is 37.6 Å². The summed E-state index contributed by atoms with van der Waals surface area (Å²) in [4.78, 5) is 30.6. The van der Waals surface area contributed by atoms with Crippen LogP contribution in [-0.4, -0.2) is 48.0 Å². The van der Waals surface area contributed by atoms with E-state index in [1.54, 1.807) is 11.8 Å². The van der Waals surface area contributed by atoms with Crippen molar-refractivity contribution in [2.45, 2.75) is 31.2 Å². The van der Waals surface area contributed by atoms with E-state index in [9.17, 15) is 9.59 Å². The number of amides is 1. The number of thioether (sulfide) groups is 1. The van der Waals surface area contributed by atoms with Crippen LogP contribution in [0.5, 0.6) is 0 Å². The van der Waals surface area contributed by atoms with Crippen molar-refractivity contribution in [3.05, 3.63) is 59.2 Å². The molecule has 2 aliphatic rings. The molecular formula is C22H24N2O2S. The molecule has 0 aromatic heterocycles. The van der Waals surface area contributed by atoms with E-state index in [0.29, 0.717) is 30.6 Å². The lowest BCUT2D eigenvalue weighted by atomic mass is 10.0. The average Bonchev–Trinajstić information content (AvgIpc) is 2.67. The van der Waals surface area contributed by atoms with Crippen LogP contribution in [0.1, 0.15) is 39.6 Å². The molecule has 4 nitrogen and oxygen atoms in total. The van der Waals surface area contributed by atoms with Gasteiger partial charge >= 0.3 is 0 Å². The third-order valence-corrected chi connectivity index (χ3v) is 6.51. The molecule has 4 rings (SSSR count). The number of carbonyl (C=O) groups is 2. The van der Waals surface area contributed by atoms with Gasteiger partial charge in [-0.3, -0.25) is 9.59 Å². The first kappa shape index (κ1) is 18.1. The van der Waals surface area contributed by atoms with Crippen LogP contribution in [0.4, 0.5) is 5.69 Å². The van der Waals surface area contributed by atoms with Crippen molar-refractivity contribution >= 4 is 29.1 Å². The Labute approximate surface area is 164 Å². The Morgan fingerprint density at radius 2 is 1.96 bits per heavy atom. The highest BCUT2D eigenvalue weighted by Gasteiger charge is 2.30. The maximum absolute atomic E-state index is 13.2. The van der Waals surface area contributed by atoms with E-state index in [1.807, 2.05) is 23.1 Å². The summed E-state index contributed by atoms with van der Waals surface area (Å²) in [5.74, 6) is 0.953. The van der Waals surface area contributed by atoms with E-state index in [1.165, 1.54) is 11.3 Å². The summed E-state index contributed by atoms with van der Waals surface area (Å²) in [7, 11) is 0. The largest absolute Gasteiger partial charge is 0.365 e. The van der Waals surface area contributed by atoms with E-state index in [-0.39, 0.29) is 17.7 Å². The number of hydrogen-bond donors (Lipinski definition) is 0. The maximum Gasteiger partial charge on any atom is 0.255 e. The fourth-order valence-corrected chi connectivity index (χ4v) is 5.10. The molecule has 5 heteroatoms. The molecule has 1 fully saturated rings. The summed E-state index contributed by atoms with van der Waals surface area (Å²) in [6.45, 7) is 6.47. The number of rotatable bonds is 2. The monoisotopic (exact) mass is 380 g/mol. The molecule has 0 bridgehead atoms. The van der Waals surface area contributed by atoms with E-state index in [4.69, 9.17) is 0 Å². The van der Waals surface area contributed by atoms with Crippen molar-refractivity contribution in [2.24, 2.45) is 0 Å². The first-order valence-electron chi connectivity index (χ1n) is 9.46. The summed E-state index contributed by atoms with van der Waals surface area (Å²) in [5, 5.41) is 0. The lowest BCUT2D eigenvalue weighted by molar-refractivity contribution is 0.0722. The molecule has 0 radical (unpaired) electrons. The van der Waals surface area contributed by atoms with Crippen LogP contribution >= 0.6 is 11.8 Å². The molecule has 1 saturated heterocycles. The number of Topliss-reactive ketones (excluding diaryl/α,β-unsaturated/α-hetero) is 1. The smallest absolute Gasteiger partial charge is 0.255 e. The average molecular weight is 381 g/mol. The molecule has 1 atom stereocenters. The molecule has 2 aromatic rings. The normalized spacial score (nSPS) is 19.8. The predicted molar refractivity (Wildman–Crippen MR) is 110 cm³/mol. The molecule has 0 N–H and O–H groups in total. The summed E-state index contributed by atoms with van der Waals surface area (Å²) in [6.07, 6.45) is 0.557. The van der Waals surface area contributed by atoms with Crippen LogP contribution in [0.25, 0.3) is 0 Å². The second-order valence-corrected chi connectivity index (χ2v) is 8.44. The van der Waals surface area contributed by atoms with Gasteiger partial charge in [-0.1, -0.05) is 24.3 Å². The second-order valence-electron chi connectivity index (χ2n) is 7.34. The number of hydrogen-bond acceptors (Lipinski definition) is 4. The van der Waals surface area contributed by atoms with Crippen molar-refractivity contribution in [2.75, 3.05) is 30.3 Å². The number of carbonyl (C=O) groups excluding carboxylic acids is 2. The predicted octanol–water partition coefficient (Wildman–Crippen LogP) is 4.02. The number of fused-ring (bicyclic) bond motifs is 1. The molecular weight excluding hydrogens is 356 g/mol. The minimum atomic E-state index is 0.0461. The quantitative estimate of drug-likeness (QED) is 0.789. The highest BCUT2D eigenvalue weighted by atomic mass is 32.2. The summed E-state index contributed by atoms with van der Waals surface area (Å²) < 4.78 is 0. The molecule has 27 heavy (non-hydrogen) atoms. The molecule has 1 amide bonds. The minimum Gasteiger partial charge on any atom is -0.365 e. The highest BCUT2D eigenvalue weighted by Crippen LogP contribution is 2.34. The fraction of sp³-hybridized carbons (Fsp3) is 0.364. The zero-order chi connectivity index (χ0) is 19.0. The van der Waals surface area contributed by atoms with Crippen LogP contribution < -0.4 is 4.90 Å². The number of nitrogens with zero attached hydrogens (tertiary/aromatic N) is 2. The van der Waals surface area contributed by atoms with E-state index in [2.05, 4.69) is 43.0 Å². The Kier molecular flexibility index (Phi) is 4.96. The van der Waals surface area contributed by atoms with E-state index < -0.39 is 0 Å². The van der Waals surface area contributed by atoms with Crippen LogP contribution in [0, 0.1) is 6.92 Å². The van der Waals surface area contributed by atoms with Crippen LogP contribution in [0.2, 0.25) is 0 Å². The molecule has 1 unspecified atom stereocenters. The number of anilines is 1. The Morgan fingerprint density at radius 3 is 2.74 bits per heavy atom. The lowest BCUT2D eigenvalue weighted by Gasteiger charge is -2.41. The van der Waals surface area contributed by atoms with Gasteiger partial charge in [-0.25, -0.2) is 0 Å². The minimum absolute atomic E-state index is 0.0461. The Morgan fingerprint density at radius 1 is 1.15 bits per heavy atom. The molecule has 0 spiro atoms. The molecule has 2 heterocycles. The third kappa shape index (κ3) is 3.48. The van der Waals surface area contributed by atoms with Crippen molar-refractivity contribution < 1.29 is 9.59 Å². The Bertz CT molecular complexity index is 896. The molecule has 2 aromatic carbocycles. The molecule has 0 saturated carbocycles. The topological polar surface area (TPSA) is 40.6 Å². The summed E-state index contributed by atoms with van der Waals surface area (Å²) >= 11 is 1.63. The number of ketones is 1. The van der Waals surface area contributed by atoms with Gasteiger partial charge in [0.15, 0.2) is 5.78 Å². The number of benzene rings is 2. The highest BCUT2D eigenvalue weighted by molar-refractivity contribution is 7.99. The van der Waals surface area contributed by atoms with Crippen molar-refractivity contribution in [3.8, 4) is 0 Å². The van der Waals surface area contributed by atoms with Gasteiger partial charge in [0.2, 0.25) is 0 Å². The van der Waals surface area contributed by atoms with Crippen LogP contribution in [0.3, 0.4) is 0 Å². The standard InChI is InChI=1S/C22H24N2O2S/c1-15-5-3-6-17(13-15)24-11-10-23(14-16(24)2)22(26)19-8-4-7-18-20(25)9-12-27-21(18)19/h3-8,13,16H,9-12,14H2,1-2H3. The zero-order valence-electron chi connectivity index (χ0n) is 15.8. The molecule has 140 valence electrons. The first-order valence-corrected chi connectivity index (χ1v) is 10.4. The second kappa shape index (κ2) is 7.39. The maximum atomic E-state index is 13.2. The van der Waals surface area contributed by atoms with Gasteiger partial charge in [0.1, 0.15) is 0 Å². The Balaban J connectivity index is 1.54. The summed E-state index contributed by atoms with van der Waals surface area (Å²) in [5.41, 5.74) is 3.86. The first-order chi connectivity index (χ1) is 13.0. The molecule has 0 aliphatic carbocycles. The third-order valence-electron chi connectivity index (χ3n) is 5.37. The van der Waals surface area contributed by atoms with Gasteiger partial charge < -0.3 is 9.80 Å². The van der Waals surface area contributed by atoms with E-state index in [0.717, 1.165) is 17.2 Å². The Hall–Kier alpha value is -2.27. The van der Waals surface area contributed by atoms with Gasteiger partial charge in [0.25, 0.3) is 5.91 Å². The van der Waals surface area contributed by atoms with Crippen molar-refractivity contribution in [1.29, 1.82) is 0 Å². The number of piperazine rings is 1.